The lowest BCUT2D eigenvalue weighted by Gasteiger charge is -2.28. The summed E-state index contributed by atoms with van der Waals surface area (Å²) < 4.78 is 4.90. The van der Waals surface area contributed by atoms with Crippen molar-refractivity contribution >= 4 is 12.0 Å². The fourth-order valence-electron chi connectivity index (χ4n) is 3.48. The van der Waals surface area contributed by atoms with E-state index in [1.165, 1.54) is 0 Å². The lowest BCUT2D eigenvalue weighted by atomic mass is 9.84. The Hall–Kier alpha value is -1.30. The van der Waals surface area contributed by atoms with Crippen molar-refractivity contribution in [3.63, 3.8) is 0 Å². The third-order valence-corrected chi connectivity index (χ3v) is 4.31. The number of methoxy groups -OCH3 is 1. The molecule has 0 aromatic heterocycles. The Bertz CT molecular complexity index is 348. The summed E-state index contributed by atoms with van der Waals surface area (Å²) in [5.41, 5.74) is 0. The highest BCUT2D eigenvalue weighted by molar-refractivity contribution is 5.77. The van der Waals surface area contributed by atoms with Crippen LogP contribution in [0.25, 0.3) is 0 Å². The molecule has 2 rings (SSSR count). The Balaban J connectivity index is 1.80. The Labute approximate surface area is 112 Å². The number of carboxylic acids is 1. The van der Waals surface area contributed by atoms with Crippen LogP contribution in [-0.2, 0) is 9.53 Å². The predicted molar refractivity (Wildman–Crippen MR) is 68.8 cm³/mol. The number of ether oxygens (including phenoxy) is 1. The van der Waals surface area contributed by atoms with Crippen LogP contribution in [0, 0.1) is 17.8 Å². The lowest BCUT2D eigenvalue weighted by molar-refractivity contribution is -0.144. The zero-order chi connectivity index (χ0) is 13.8. The molecule has 0 aromatic carbocycles. The molecular weight excluding hydrogens is 248 g/mol. The minimum atomic E-state index is -0.781. The molecule has 4 unspecified atom stereocenters. The van der Waals surface area contributed by atoms with Crippen molar-refractivity contribution in [2.45, 2.75) is 31.7 Å². The van der Waals surface area contributed by atoms with Gasteiger partial charge in [0.1, 0.15) is 0 Å². The van der Waals surface area contributed by atoms with Crippen LogP contribution in [-0.4, -0.2) is 43.4 Å². The molecule has 0 spiro atoms. The first-order chi connectivity index (χ1) is 9.13. The van der Waals surface area contributed by atoms with Gasteiger partial charge < -0.3 is 20.5 Å². The maximum Gasteiger partial charge on any atom is 0.315 e. The highest BCUT2D eigenvalue weighted by atomic mass is 16.5. The molecular formula is C13H22N2O4. The largest absolute Gasteiger partial charge is 0.481 e. The Morgan fingerprint density at radius 3 is 2.74 bits per heavy atom. The van der Waals surface area contributed by atoms with E-state index in [0.29, 0.717) is 19.1 Å². The van der Waals surface area contributed by atoms with Crippen LogP contribution in [0.4, 0.5) is 4.79 Å². The molecule has 0 heterocycles. The Morgan fingerprint density at radius 2 is 2.05 bits per heavy atom. The average Bonchev–Trinajstić information content (AvgIpc) is 2.95. The summed E-state index contributed by atoms with van der Waals surface area (Å²) in [4.78, 5) is 23.0. The number of aliphatic carboxylic acids is 1. The molecule has 2 amide bonds. The highest BCUT2D eigenvalue weighted by Gasteiger charge is 2.51. The van der Waals surface area contributed by atoms with Gasteiger partial charge in [-0.2, -0.15) is 0 Å². The molecule has 0 saturated heterocycles. The summed E-state index contributed by atoms with van der Waals surface area (Å²) in [5.74, 6) is -0.627. The molecule has 6 heteroatoms. The van der Waals surface area contributed by atoms with E-state index in [1.54, 1.807) is 7.11 Å². The van der Waals surface area contributed by atoms with Crippen molar-refractivity contribution in [2.75, 3.05) is 20.3 Å². The summed E-state index contributed by atoms with van der Waals surface area (Å²) >= 11 is 0. The third-order valence-electron chi connectivity index (χ3n) is 4.31. The lowest BCUT2D eigenvalue weighted by Crippen LogP contribution is -2.50. The second kappa shape index (κ2) is 6.23. The fourth-order valence-corrected chi connectivity index (χ4v) is 3.48. The van der Waals surface area contributed by atoms with Crippen LogP contribution in [0.15, 0.2) is 0 Å². The number of nitrogens with one attached hydrogen (secondary N) is 2. The van der Waals surface area contributed by atoms with Crippen molar-refractivity contribution in [3.8, 4) is 0 Å². The first-order valence-electron chi connectivity index (χ1n) is 6.89. The summed E-state index contributed by atoms with van der Waals surface area (Å²) in [6.07, 6.45) is 3.70. The van der Waals surface area contributed by atoms with E-state index in [-0.39, 0.29) is 18.0 Å². The number of amides is 2. The molecule has 2 fully saturated rings. The fraction of sp³-hybridized carbons (Fsp3) is 0.846. The molecule has 0 aliphatic heterocycles. The van der Waals surface area contributed by atoms with Crippen molar-refractivity contribution < 1.29 is 19.4 Å². The monoisotopic (exact) mass is 270 g/mol. The smallest absolute Gasteiger partial charge is 0.315 e. The van der Waals surface area contributed by atoms with Crippen LogP contribution in [0.1, 0.15) is 25.7 Å². The van der Waals surface area contributed by atoms with E-state index in [1.807, 2.05) is 0 Å². The summed E-state index contributed by atoms with van der Waals surface area (Å²) in [6, 6.07) is -0.474. The quantitative estimate of drug-likeness (QED) is 0.624. The first-order valence-corrected chi connectivity index (χ1v) is 6.89. The van der Waals surface area contributed by atoms with Crippen LogP contribution in [0.5, 0.6) is 0 Å². The standard InChI is InChI=1S/C13H22N2O4/c1-19-6-2-5-14-13(18)15-11-9-4-3-8(7-9)10(11)12(16)17/h8-11H,2-7H2,1H3,(H,16,17)(H2,14,15,18). The van der Waals surface area contributed by atoms with Crippen molar-refractivity contribution in [2.24, 2.45) is 17.8 Å². The molecule has 19 heavy (non-hydrogen) atoms. The molecule has 2 saturated carbocycles. The maximum absolute atomic E-state index is 11.8. The number of carbonyl (C=O) groups is 2. The van der Waals surface area contributed by atoms with Crippen LogP contribution >= 0.6 is 0 Å². The van der Waals surface area contributed by atoms with Gasteiger partial charge in [0.15, 0.2) is 0 Å². The number of rotatable bonds is 6. The number of urea groups is 1. The molecule has 2 aliphatic rings. The van der Waals surface area contributed by atoms with Gasteiger partial charge in [0.2, 0.25) is 0 Å². The number of hydrogen-bond donors (Lipinski definition) is 3. The van der Waals surface area contributed by atoms with Gasteiger partial charge in [-0.15, -0.1) is 0 Å². The zero-order valence-corrected chi connectivity index (χ0v) is 11.2. The second-order valence-electron chi connectivity index (χ2n) is 5.47. The van der Waals surface area contributed by atoms with Gasteiger partial charge in [-0.3, -0.25) is 4.79 Å². The third kappa shape index (κ3) is 3.18. The topological polar surface area (TPSA) is 87.7 Å². The van der Waals surface area contributed by atoms with Gasteiger partial charge >= 0.3 is 12.0 Å². The Morgan fingerprint density at radius 1 is 1.32 bits per heavy atom. The zero-order valence-electron chi connectivity index (χ0n) is 11.2. The van der Waals surface area contributed by atoms with Crippen molar-refractivity contribution in [1.82, 2.24) is 10.6 Å². The van der Waals surface area contributed by atoms with Crippen molar-refractivity contribution in [1.29, 1.82) is 0 Å². The van der Waals surface area contributed by atoms with Gasteiger partial charge in [0.05, 0.1) is 5.92 Å². The normalized spacial score (nSPS) is 32.3. The van der Waals surface area contributed by atoms with E-state index in [4.69, 9.17) is 4.74 Å². The van der Waals surface area contributed by atoms with Crippen LogP contribution < -0.4 is 10.6 Å². The number of carboxylic acid groups (broad SMARTS) is 1. The number of hydrogen-bond acceptors (Lipinski definition) is 3. The molecule has 2 bridgehead atoms. The molecule has 108 valence electrons. The minimum absolute atomic E-state index is 0.210. The molecule has 0 aromatic rings. The number of fused-ring (bicyclic) bond motifs is 2. The summed E-state index contributed by atoms with van der Waals surface area (Å²) in [7, 11) is 1.62. The van der Waals surface area contributed by atoms with Crippen molar-refractivity contribution in [3.05, 3.63) is 0 Å². The van der Waals surface area contributed by atoms with Gasteiger partial charge in [0, 0.05) is 26.3 Å². The average molecular weight is 270 g/mol. The molecule has 0 radical (unpaired) electrons. The maximum atomic E-state index is 11.8. The summed E-state index contributed by atoms with van der Waals surface area (Å²) in [6.45, 7) is 1.14. The van der Waals surface area contributed by atoms with E-state index in [2.05, 4.69) is 10.6 Å². The second-order valence-corrected chi connectivity index (χ2v) is 5.47. The van der Waals surface area contributed by atoms with Gasteiger partial charge in [-0.25, -0.2) is 4.79 Å². The highest BCUT2D eigenvalue weighted by Crippen LogP contribution is 2.48. The molecule has 3 N–H and O–H groups in total. The molecule has 2 aliphatic carbocycles. The number of carbonyl (C=O) groups excluding carboxylic acids is 1. The SMILES string of the molecule is COCCCNC(=O)NC1C2CCC(C2)C1C(=O)O. The minimum Gasteiger partial charge on any atom is -0.481 e. The van der Waals surface area contributed by atoms with Gasteiger partial charge in [-0.05, 0) is 37.5 Å². The Kier molecular flexibility index (Phi) is 4.63. The molecule has 6 nitrogen and oxygen atoms in total. The van der Waals surface area contributed by atoms with Crippen LogP contribution in [0.2, 0.25) is 0 Å². The first kappa shape index (κ1) is 14.1. The van der Waals surface area contributed by atoms with Crippen LogP contribution in [0.3, 0.4) is 0 Å². The van der Waals surface area contributed by atoms with E-state index >= 15 is 0 Å². The van der Waals surface area contributed by atoms with E-state index in [0.717, 1.165) is 25.7 Å². The van der Waals surface area contributed by atoms with Gasteiger partial charge in [-0.1, -0.05) is 0 Å². The predicted octanol–water partition coefficient (Wildman–Crippen LogP) is 0.821. The van der Waals surface area contributed by atoms with Gasteiger partial charge in [0.25, 0.3) is 0 Å². The van der Waals surface area contributed by atoms with E-state index in [9.17, 15) is 14.7 Å². The van der Waals surface area contributed by atoms with E-state index < -0.39 is 11.9 Å². The summed E-state index contributed by atoms with van der Waals surface area (Å²) in [5, 5.41) is 14.9. The molecule has 4 atom stereocenters.